The number of nitrogens with zero attached hydrogens (tertiary/aromatic N) is 1. The fourth-order valence-corrected chi connectivity index (χ4v) is 3.49. The van der Waals surface area contributed by atoms with E-state index in [0.717, 1.165) is 24.2 Å². The van der Waals surface area contributed by atoms with Crippen LogP contribution in [0.15, 0.2) is 54.6 Å². The van der Waals surface area contributed by atoms with E-state index < -0.39 is 11.7 Å². The van der Waals surface area contributed by atoms with Gasteiger partial charge in [0.05, 0.1) is 11.7 Å². The molecule has 0 bridgehead atoms. The average Bonchev–Trinajstić information content (AvgIpc) is 2.62. The van der Waals surface area contributed by atoms with Crippen LogP contribution in [-0.4, -0.2) is 39.4 Å². The maximum atomic E-state index is 10.9. The van der Waals surface area contributed by atoms with Gasteiger partial charge >= 0.3 is 0 Å². The summed E-state index contributed by atoms with van der Waals surface area (Å²) >= 11 is 0. The van der Waals surface area contributed by atoms with Crippen molar-refractivity contribution in [3.8, 4) is 5.75 Å². The van der Waals surface area contributed by atoms with Gasteiger partial charge in [0.1, 0.15) is 5.75 Å². The van der Waals surface area contributed by atoms with Crippen LogP contribution in [0.2, 0.25) is 0 Å². The molecule has 1 aliphatic rings. The summed E-state index contributed by atoms with van der Waals surface area (Å²) in [5.41, 5.74) is 0.988. The Labute approximate surface area is 143 Å². The quantitative estimate of drug-likeness (QED) is 0.808. The second-order valence-electron chi connectivity index (χ2n) is 6.71. The van der Waals surface area contributed by atoms with Crippen molar-refractivity contribution in [3.05, 3.63) is 65.7 Å². The molecule has 24 heavy (non-hydrogen) atoms. The first-order valence-corrected chi connectivity index (χ1v) is 8.48. The molecule has 3 N–H and O–H groups in total. The molecule has 0 radical (unpaired) electrons. The molecule has 2 aromatic carbocycles. The van der Waals surface area contributed by atoms with Gasteiger partial charge in [0, 0.05) is 19.1 Å². The molecule has 0 unspecified atom stereocenters. The highest BCUT2D eigenvalue weighted by molar-refractivity contribution is 5.28. The molecule has 0 aliphatic carbocycles. The number of piperidine rings is 1. The van der Waals surface area contributed by atoms with E-state index in [1.807, 2.05) is 37.3 Å². The number of hydrogen-bond donors (Lipinski definition) is 3. The highest BCUT2D eigenvalue weighted by Gasteiger charge is 2.36. The molecule has 0 spiro atoms. The first-order chi connectivity index (χ1) is 11.5. The van der Waals surface area contributed by atoms with Crippen LogP contribution >= 0.6 is 0 Å². The predicted octanol–water partition coefficient (Wildman–Crippen LogP) is 2.80. The molecular weight excluding hydrogens is 302 g/mol. The lowest BCUT2D eigenvalue weighted by molar-refractivity contribution is -0.0501. The fourth-order valence-electron chi connectivity index (χ4n) is 3.49. The molecule has 1 fully saturated rings. The second kappa shape index (κ2) is 6.93. The molecule has 3 rings (SSSR count). The van der Waals surface area contributed by atoms with E-state index in [2.05, 4.69) is 4.90 Å². The molecule has 0 amide bonds. The number of phenols is 1. The zero-order chi connectivity index (χ0) is 17.2. The summed E-state index contributed by atoms with van der Waals surface area (Å²) in [6, 6.07) is 16.5. The largest absolute Gasteiger partial charge is 0.508 e. The Hall–Kier alpha value is -1.88. The van der Waals surface area contributed by atoms with Crippen molar-refractivity contribution in [2.75, 3.05) is 13.1 Å². The molecule has 0 aromatic heterocycles. The minimum Gasteiger partial charge on any atom is -0.508 e. The van der Waals surface area contributed by atoms with Crippen LogP contribution in [0.25, 0.3) is 0 Å². The first-order valence-electron chi connectivity index (χ1n) is 8.48. The Morgan fingerprint density at radius 2 is 1.54 bits per heavy atom. The van der Waals surface area contributed by atoms with E-state index in [9.17, 15) is 15.3 Å². The van der Waals surface area contributed by atoms with Crippen molar-refractivity contribution in [1.82, 2.24) is 4.90 Å². The van der Waals surface area contributed by atoms with Crippen molar-refractivity contribution in [1.29, 1.82) is 0 Å². The number of aliphatic hydroxyl groups is 2. The molecule has 2 atom stereocenters. The number of rotatable bonds is 4. The average molecular weight is 327 g/mol. The maximum absolute atomic E-state index is 10.9. The first kappa shape index (κ1) is 17.0. The van der Waals surface area contributed by atoms with E-state index in [0.29, 0.717) is 12.8 Å². The van der Waals surface area contributed by atoms with Crippen LogP contribution in [-0.2, 0) is 5.60 Å². The van der Waals surface area contributed by atoms with Gasteiger partial charge in [-0.1, -0.05) is 42.5 Å². The van der Waals surface area contributed by atoms with Crippen LogP contribution in [0.4, 0.5) is 0 Å². The van der Waals surface area contributed by atoms with Gasteiger partial charge in [-0.2, -0.15) is 0 Å². The zero-order valence-corrected chi connectivity index (χ0v) is 14.0. The Kier molecular flexibility index (Phi) is 4.90. The minimum atomic E-state index is -0.777. The Morgan fingerprint density at radius 1 is 0.958 bits per heavy atom. The normalized spacial score (nSPS) is 20.5. The van der Waals surface area contributed by atoms with Gasteiger partial charge in [-0.25, -0.2) is 0 Å². The van der Waals surface area contributed by atoms with Gasteiger partial charge in [-0.3, -0.25) is 4.90 Å². The van der Waals surface area contributed by atoms with Crippen LogP contribution in [0, 0.1) is 0 Å². The van der Waals surface area contributed by atoms with E-state index >= 15 is 0 Å². The number of aromatic hydroxyl groups is 1. The molecule has 0 saturated carbocycles. The highest BCUT2D eigenvalue weighted by atomic mass is 16.3. The van der Waals surface area contributed by atoms with Gasteiger partial charge in [0.2, 0.25) is 0 Å². The van der Waals surface area contributed by atoms with E-state index in [4.69, 9.17) is 0 Å². The molecule has 128 valence electrons. The summed E-state index contributed by atoms with van der Waals surface area (Å²) in [5, 5.41) is 30.9. The summed E-state index contributed by atoms with van der Waals surface area (Å²) in [6.07, 6.45) is 0.696. The van der Waals surface area contributed by atoms with Crippen molar-refractivity contribution >= 4 is 0 Å². The van der Waals surface area contributed by atoms with Crippen molar-refractivity contribution in [2.45, 2.75) is 37.5 Å². The van der Waals surface area contributed by atoms with Gasteiger partial charge in [-0.15, -0.1) is 0 Å². The number of phenolic OH excluding ortho intramolecular Hbond substituents is 1. The molecule has 4 nitrogen and oxygen atoms in total. The molecule has 1 heterocycles. The van der Waals surface area contributed by atoms with Gasteiger partial charge in [-0.05, 0) is 43.0 Å². The third-order valence-electron chi connectivity index (χ3n) is 5.20. The standard InChI is InChI=1S/C20H25NO3/c1-15(19(23)16-7-9-18(22)10-8-16)21-13-11-20(24,12-14-21)17-5-3-2-4-6-17/h2-10,15,19,22-24H,11-14H2,1H3/t15-,19-/m0/s1. The molecule has 4 heteroatoms. The third-order valence-corrected chi connectivity index (χ3v) is 5.20. The van der Waals surface area contributed by atoms with Crippen LogP contribution in [0.3, 0.4) is 0 Å². The lowest BCUT2D eigenvalue weighted by Gasteiger charge is -2.42. The third kappa shape index (κ3) is 3.46. The zero-order valence-electron chi connectivity index (χ0n) is 14.0. The molecule has 2 aromatic rings. The van der Waals surface area contributed by atoms with E-state index in [1.165, 1.54) is 0 Å². The Morgan fingerprint density at radius 3 is 2.12 bits per heavy atom. The summed E-state index contributed by atoms with van der Waals surface area (Å²) in [7, 11) is 0. The van der Waals surface area contributed by atoms with Gasteiger partial charge in [0.25, 0.3) is 0 Å². The van der Waals surface area contributed by atoms with E-state index in [1.54, 1.807) is 24.3 Å². The number of aliphatic hydroxyl groups excluding tert-OH is 1. The van der Waals surface area contributed by atoms with E-state index in [-0.39, 0.29) is 11.8 Å². The summed E-state index contributed by atoms with van der Waals surface area (Å²) in [5.74, 6) is 0.199. The fraction of sp³-hybridized carbons (Fsp3) is 0.400. The van der Waals surface area contributed by atoms with Crippen LogP contribution < -0.4 is 0 Å². The lowest BCUT2D eigenvalue weighted by atomic mass is 9.83. The van der Waals surface area contributed by atoms with Crippen molar-refractivity contribution in [3.63, 3.8) is 0 Å². The summed E-state index contributed by atoms with van der Waals surface area (Å²) in [4.78, 5) is 2.22. The van der Waals surface area contributed by atoms with Crippen LogP contribution in [0.5, 0.6) is 5.75 Å². The van der Waals surface area contributed by atoms with Gasteiger partial charge in [0.15, 0.2) is 0 Å². The summed E-state index contributed by atoms with van der Waals surface area (Å²) < 4.78 is 0. The highest BCUT2D eigenvalue weighted by Crippen LogP contribution is 2.34. The summed E-state index contributed by atoms with van der Waals surface area (Å²) in [6.45, 7) is 3.48. The second-order valence-corrected chi connectivity index (χ2v) is 6.71. The molecule has 1 aliphatic heterocycles. The minimum absolute atomic E-state index is 0.0464. The predicted molar refractivity (Wildman–Crippen MR) is 93.7 cm³/mol. The maximum Gasteiger partial charge on any atom is 0.115 e. The number of benzene rings is 2. The van der Waals surface area contributed by atoms with Crippen LogP contribution in [0.1, 0.15) is 37.0 Å². The monoisotopic (exact) mass is 327 g/mol. The Balaban J connectivity index is 1.64. The molecule has 1 saturated heterocycles. The number of hydrogen-bond acceptors (Lipinski definition) is 4. The Bertz CT molecular complexity index is 648. The van der Waals surface area contributed by atoms with Crippen molar-refractivity contribution in [2.24, 2.45) is 0 Å². The lowest BCUT2D eigenvalue weighted by Crippen LogP contribution is -2.47. The molecular formula is C20H25NO3. The topological polar surface area (TPSA) is 63.9 Å². The smallest absolute Gasteiger partial charge is 0.115 e. The SMILES string of the molecule is C[C@@H]([C@H](O)c1ccc(O)cc1)N1CCC(O)(c2ccccc2)CC1. The van der Waals surface area contributed by atoms with Gasteiger partial charge < -0.3 is 15.3 Å². The van der Waals surface area contributed by atoms with Crippen molar-refractivity contribution < 1.29 is 15.3 Å². The number of likely N-dealkylation sites (tertiary alicyclic amines) is 1.